The van der Waals surface area contributed by atoms with Crippen LogP contribution in [0.25, 0.3) is 0 Å². The van der Waals surface area contributed by atoms with Crippen molar-refractivity contribution in [1.29, 1.82) is 0 Å². The van der Waals surface area contributed by atoms with Crippen LogP contribution in [-0.4, -0.2) is 31.3 Å². The highest BCUT2D eigenvalue weighted by molar-refractivity contribution is 5.75. The van der Waals surface area contributed by atoms with Crippen molar-refractivity contribution in [3.8, 4) is 5.75 Å². The van der Waals surface area contributed by atoms with Gasteiger partial charge in [0.25, 0.3) is 0 Å². The second kappa shape index (κ2) is 7.14. The zero-order chi connectivity index (χ0) is 13.5. The second-order valence-electron chi connectivity index (χ2n) is 4.70. The summed E-state index contributed by atoms with van der Waals surface area (Å²) in [5, 5.41) is 3.31. The third kappa shape index (κ3) is 4.91. The van der Waals surface area contributed by atoms with Crippen LogP contribution < -0.4 is 10.1 Å². The van der Waals surface area contributed by atoms with Crippen LogP contribution in [0.15, 0.2) is 30.3 Å². The van der Waals surface area contributed by atoms with Gasteiger partial charge in [0.1, 0.15) is 11.8 Å². The van der Waals surface area contributed by atoms with Crippen molar-refractivity contribution >= 4 is 5.97 Å². The summed E-state index contributed by atoms with van der Waals surface area (Å²) in [4.78, 5) is 11.8. The molecule has 1 aliphatic carbocycles. The number of hydrogen-bond acceptors (Lipinski definition) is 4. The Labute approximate surface area is 114 Å². The summed E-state index contributed by atoms with van der Waals surface area (Å²) in [6.45, 7) is 2.75. The smallest absolute Gasteiger partial charge is 0.323 e. The van der Waals surface area contributed by atoms with Crippen LogP contribution in [-0.2, 0) is 9.53 Å². The van der Waals surface area contributed by atoms with Gasteiger partial charge in [-0.2, -0.15) is 0 Å². The maximum atomic E-state index is 11.8. The monoisotopic (exact) mass is 263 g/mol. The normalized spacial score (nSPS) is 15.8. The Morgan fingerprint density at radius 1 is 1.37 bits per heavy atom. The summed E-state index contributed by atoms with van der Waals surface area (Å²) >= 11 is 0. The number of hydrogen-bond donors (Lipinski definition) is 1. The largest absolute Gasteiger partial charge is 0.494 e. The minimum absolute atomic E-state index is 0.175. The molecule has 1 fully saturated rings. The molecule has 104 valence electrons. The lowest BCUT2D eigenvalue weighted by atomic mass is 10.2. The topological polar surface area (TPSA) is 47.6 Å². The van der Waals surface area contributed by atoms with E-state index < -0.39 is 0 Å². The number of carbonyl (C=O) groups excluding carboxylic acids is 1. The fraction of sp³-hybridized carbons (Fsp3) is 0.533. The third-order valence-electron chi connectivity index (χ3n) is 3.00. The fourth-order valence-corrected chi connectivity index (χ4v) is 1.86. The van der Waals surface area contributed by atoms with Crippen LogP contribution in [0.2, 0.25) is 0 Å². The summed E-state index contributed by atoms with van der Waals surface area (Å²) in [7, 11) is 0. The van der Waals surface area contributed by atoms with Crippen LogP contribution in [0.4, 0.5) is 0 Å². The standard InChI is InChI=1S/C15H21NO3/c1-2-18-15(17)14(16-12-8-9-12)10-11-19-13-6-4-3-5-7-13/h3-7,12,14,16H,2,8-11H2,1H3. The highest BCUT2D eigenvalue weighted by Crippen LogP contribution is 2.20. The molecule has 0 aliphatic heterocycles. The lowest BCUT2D eigenvalue weighted by Crippen LogP contribution is -2.40. The third-order valence-corrected chi connectivity index (χ3v) is 3.00. The average molecular weight is 263 g/mol. The van der Waals surface area contributed by atoms with Crippen molar-refractivity contribution in [2.45, 2.75) is 38.3 Å². The maximum Gasteiger partial charge on any atom is 0.323 e. The van der Waals surface area contributed by atoms with E-state index in [0.717, 1.165) is 18.6 Å². The molecular formula is C15H21NO3. The molecule has 1 atom stereocenters. The maximum absolute atomic E-state index is 11.8. The molecule has 0 amide bonds. The van der Waals surface area contributed by atoms with Gasteiger partial charge in [0.15, 0.2) is 0 Å². The van der Waals surface area contributed by atoms with Gasteiger partial charge in [-0.3, -0.25) is 4.79 Å². The molecule has 0 bridgehead atoms. The van der Waals surface area contributed by atoms with Gasteiger partial charge in [0, 0.05) is 12.5 Å². The van der Waals surface area contributed by atoms with Crippen LogP contribution >= 0.6 is 0 Å². The Morgan fingerprint density at radius 3 is 2.74 bits per heavy atom. The van der Waals surface area contributed by atoms with Crippen molar-refractivity contribution in [2.75, 3.05) is 13.2 Å². The zero-order valence-corrected chi connectivity index (χ0v) is 11.3. The molecule has 1 saturated carbocycles. The van der Waals surface area contributed by atoms with E-state index in [1.54, 1.807) is 0 Å². The molecule has 0 heterocycles. The van der Waals surface area contributed by atoms with Gasteiger partial charge in [-0.05, 0) is 31.9 Å². The lowest BCUT2D eigenvalue weighted by Gasteiger charge is -2.17. The highest BCUT2D eigenvalue weighted by atomic mass is 16.5. The molecule has 0 saturated heterocycles. The van der Waals surface area contributed by atoms with Crippen molar-refractivity contribution < 1.29 is 14.3 Å². The first-order chi connectivity index (χ1) is 9.29. The predicted octanol–water partition coefficient (Wildman–Crippen LogP) is 2.14. The van der Waals surface area contributed by atoms with Crippen molar-refractivity contribution in [3.63, 3.8) is 0 Å². The van der Waals surface area contributed by atoms with Crippen molar-refractivity contribution in [2.24, 2.45) is 0 Å². The van der Waals surface area contributed by atoms with Gasteiger partial charge in [0.2, 0.25) is 0 Å². The lowest BCUT2D eigenvalue weighted by molar-refractivity contribution is -0.146. The molecular weight excluding hydrogens is 242 g/mol. The van der Waals surface area contributed by atoms with Crippen LogP contribution in [0.3, 0.4) is 0 Å². The fourth-order valence-electron chi connectivity index (χ4n) is 1.86. The first-order valence-electron chi connectivity index (χ1n) is 6.90. The molecule has 1 aliphatic rings. The Kier molecular flexibility index (Phi) is 5.21. The number of benzene rings is 1. The molecule has 1 unspecified atom stereocenters. The Bertz CT molecular complexity index is 390. The van der Waals surface area contributed by atoms with Crippen LogP contribution in [0.1, 0.15) is 26.2 Å². The van der Waals surface area contributed by atoms with Crippen molar-refractivity contribution in [1.82, 2.24) is 5.32 Å². The van der Waals surface area contributed by atoms with E-state index in [2.05, 4.69) is 5.32 Å². The summed E-state index contributed by atoms with van der Waals surface area (Å²) in [5.74, 6) is 0.655. The molecule has 1 aromatic carbocycles. The van der Waals surface area contributed by atoms with E-state index in [9.17, 15) is 4.79 Å². The summed E-state index contributed by atoms with van der Waals surface area (Å²) in [6.07, 6.45) is 2.93. The minimum atomic E-state index is -0.254. The van der Waals surface area contributed by atoms with E-state index in [1.165, 1.54) is 0 Å². The molecule has 4 nitrogen and oxygen atoms in total. The van der Waals surface area contributed by atoms with Crippen LogP contribution in [0.5, 0.6) is 5.75 Å². The number of para-hydroxylation sites is 1. The van der Waals surface area contributed by atoms with Gasteiger partial charge in [0.05, 0.1) is 13.2 Å². The van der Waals surface area contributed by atoms with Crippen LogP contribution in [0, 0.1) is 0 Å². The van der Waals surface area contributed by atoms with Gasteiger partial charge >= 0.3 is 5.97 Å². The predicted molar refractivity (Wildman–Crippen MR) is 73.1 cm³/mol. The number of esters is 1. The summed E-state index contributed by atoms with van der Waals surface area (Å²) in [5.41, 5.74) is 0. The van der Waals surface area contributed by atoms with Gasteiger partial charge < -0.3 is 14.8 Å². The highest BCUT2D eigenvalue weighted by Gasteiger charge is 2.29. The molecule has 19 heavy (non-hydrogen) atoms. The van der Waals surface area contributed by atoms with Gasteiger partial charge in [-0.15, -0.1) is 0 Å². The van der Waals surface area contributed by atoms with E-state index in [-0.39, 0.29) is 12.0 Å². The van der Waals surface area contributed by atoms with E-state index in [1.807, 2.05) is 37.3 Å². The number of carbonyl (C=O) groups is 1. The van der Waals surface area contributed by atoms with E-state index in [4.69, 9.17) is 9.47 Å². The second-order valence-corrected chi connectivity index (χ2v) is 4.70. The summed E-state index contributed by atoms with van der Waals surface area (Å²) < 4.78 is 10.7. The molecule has 1 aromatic rings. The molecule has 1 N–H and O–H groups in total. The average Bonchev–Trinajstić information content (AvgIpc) is 3.23. The van der Waals surface area contributed by atoms with E-state index in [0.29, 0.717) is 25.7 Å². The zero-order valence-electron chi connectivity index (χ0n) is 11.3. The van der Waals surface area contributed by atoms with Crippen molar-refractivity contribution in [3.05, 3.63) is 30.3 Å². The van der Waals surface area contributed by atoms with E-state index >= 15 is 0 Å². The minimum Gasteiger partial charge on any atom is -0.494 e. The SMILES string of the molecule is CCOC(=O)C(CCOc1ccccc1)NC1CC1. The molecule has 0 radical (unpaired) electrons. The number of ether oxygens (including phenoxy) is 2. The summed E-state index contributed by atoms with van der Waals surface area (Å²) in [6, 6.07) is 9.85. The molecule has 0 aromatic heterocycles. The molecule has 0 spiro atoms. The Balaban J connectivity index is 1.76. The molecule has 4 heteroatoms. The Morgan fingerprint density at radius 2 is 2.11 bits per heavy atom. The number of nitrogens with one attached hydrogen (secondary N) is 1. The first-order valence-corrected chi connectivity index (χ1v) is 6.90. The van der Waals surface area contributed by atoms with Gasteiger partial charge in [-0.1, -0.05) is 18.2 Å². The number of rotatable bonds is 8. The molecule has 2 rings (SSSR count). The first kappa shape index (κ1) is 13.9. The quantitative estimate of drug-likeness (QED) is 0.730. The van der Waals surface area contributed by atoms with Gasteiger partial charge in [-0.25, -0.2) is 0 Å². The Hall–Kier alpha value is -1.55.